The van der Waals surface area contributed by atoms with Crippen molar-refractivity contribution in [3.05, 3.63) is 80.2 Å². The highest BCUT2D eigenvalue weighted by atomic mass is 35.5. The molecule has 0 unspecified atom stereocenters. The topological polar surface area (TPSA) is 59.3 Å². The van der Waals surface area contributed by atoms with Crippen LogP contribution in [-0.2, 0) is 6.54 Å². The second kappa shape index (κ2) is 6.49. The van der Waals surface area contributed by atoms with Gasteiger partial charge in [-0.05, 0) is 54.8 Å². The summed E-state index contributed by atoms with van der Waals surface area (Å²) in [4.78, 5) is 24.0. The van der Waals surface area contributed by atoms with Gasteiger partial charge in [-0.15, -0.1) is 0 Å². The molecule has 2 aromatic carbocycles. The van der Waals surface area contributed by atoms with Gasteiger partial charge in [-0.3, -0.25) is 4.79 Å². The van der Waals surface area contributed by atoms with Crippen molar-refractivity contribution < 1.29 is 9.21 Å². The second-order valence-corrected chi connectivity index (χ2v) is 6.10. The molecule has 0 saturated carbocycles. The Morgan fingerprint density at radius 2 is 1.83 bits per heavy atom. The van der Waals surface area contributed by atoms with Crippen molar-refractivity contribution in [2.45, 2.75) is 20.4 Å². The van der Waals surface area contributed by atoms with Crippen LogP contribution in [0.3, 0.4) is 0 Å². The molecule has 1 aromatic heterocycles. The van der Waals surface area contributed by atoms with E-state index in [-0.39, 0.29) is 12.5 Å². The third-order valence-electron chi connectivity index (χ3n) is 4.06. The second-order valence-electron chi connectivity index (χ2n) is 5.66. The monoisotopic (exact) mass is 341 g/mol. The quantitative estimate of drug-likeness (QED) is 0.733. The van der Waals surface area contributed by atoms with Gasteiger partial charge in [0.1, 0.15) is 5.58 Å². The lowest BCUT2D eigenvalue weighted by Gasteiger charge is -2.10. The molecular weight excluding hydrogens is 326 g/mol. The largest absolute Gasteiger partial charge is 0.422 e. The Morgan fingerprint density at radius 1 is 1.12 bits per heavy atom. The fraction of sp³-hybridized carbons (Fsp3) is 0.158. The lowest BCUT2D eigenvalue weighted by molar-refractivity contribution is 0.0951. The van der Waals surface area contributed by atoms with Crippen molar-refractivity contribution in [1.82, 2.24) is 5.32 Å². The maximum atomic E-state index is 12.2. The smallest absolute Gasteiger partial charge is 0.336 e. The fourth-order valence-corrected chi connectivity index (χ4v) is 2.68. The molecule has 0 aliphatic carbocycles. The lowest BCUT2D eigenvalue weighted by Crippen LogP contribution is -2.23. The first kappa shape index (κ1) is 16.3. The van der Waals surface area contributed by atoms with Crippen molar-refractivity contribution in [3.8, 4) is 0 Å². The number of rotatable bonds is 3. The molecule has 122 valence electrons. The van der Waals surface area contributed by atoms with Crippen LogP contribution in [0.2, 0.25) is 5.02 Å². The molecule has 3 aromatic rings. The zero-order valence-corrected chi connectivity index (χ0v) is 14.1. The minimum atomic E-state index is -0.424. The number of fused-ring (bicyclic) bond motifs is 1. The molecule has 4 nitrogen and oxygen atoms in total. The molecule has 1 N–H and O–H groups in total. The van der Waals surface area contributed by atoms with E-state index in [1.165, 1.54) is 6.07 Å². The van der Waals surface area contributed by atoms with Gasteiger partial charge in [0, 0.05) is 28.6 Å². The van der Waals surface area contributed by atoms with Crippen LogP contribution in [0.25, 0.3) is 11.0 Å². The normalized spacial score (nSPS) is 10.8. The zero-order chi connectivity index (χ0) is 17.3. The van der Waals surface area contributed by atoms with Crippen LogP contribution in [0.4, 0.5) is 0 Å². The summed E-state index contributed by atoms with van der Waals surface area (Å²) in [6.07, 6.45) is 0. The molecule has 3 rings (SSSR count). The highest BCUT2D eigenvalue weighted by Gasteiger charge is 2.11. The van der Waals surface area contributed by atoms with Crippen LogP contribution in [0.15, 0.2) is 51.7 Å². The Morgan fingerprint density at radius 3 is 2.54 bits per heavy atom. The van der Waals surface area contributed by atoms with E-state index in [2.05, 4.69) is 5.32 Å². The first-order chi connectivity index (χ1) is 11.5. The number of nitrogens with one attached hydrogen (secondary N) is 1. The highest BCUT2D eigenvalue weighted by Crippen LogP contribution is 2.23. The molecule has 24 heavy (non-hydrogen) atoms. The van der Waals surface area contributed by atoms with Crippen LogP contribution in [-0.4, -0.2) is 5.91 Å². The maximum Gasteiger partial charge on any atom is 0.336 e. The van der Waals surface area contributed by atoms with Crippen molar-refractivity contribution in [2.24, 2.45) is 0 Å². The number of carbonyl (C=O) groups excluding carboxylic acids is 1. The van der Waals surface area contributed by atoms with E-state index in [0.717, 1.165) is 22.1 Å². The van der Waals surface area contributed by atoms with Gasteiger partial charge in [0.2, 0.25) is 0 Å². The Balaban J connectivity index is 1.90. The number of amides is 1. The molecule has 1 amide bonds. The van der Waals surface area contributed by atoms with Gasteiger partial charge in [0.15, 0.2) is 0 Å². The van der Waals surface area contributed by atoms with Gasteiger partial charge in [0.25, 0.3) is 5.91 Å². The average Bonchev–Trinajstić information content (AvgIpc) is 2.56. The summed E-state index contributed by atoms with van der Waals surface area (Å²) in [7, 11) is 0. The molecule has 0 aliphatic rings. The van der Waals surface area contributed by atoms with Gasteiger partial charge in [0.05, 0.1) is 0 Å². The third-order valence-corrected chi connectivity index (χ3v) is 4.32. The van der Waals surface area contributed by atoms with Crippen LogP contribution in [0, 0.1) is 13.8 Å². The summed E-state index contributed by atoms with van der Waals surface area (Å²) in [5.41, 5.74) is 3.36. The maximum absolute atomic E-state index is 12.2. The van der Waals surface area contributed by atoms with E-state index in [9.17, 15) is 9.59 Å². The molecule has 0 bridgehead atoms. The van der Waals surface area contributed by atoms with Crippen LogP contribution < -0.4 is 10.9 Å². The molecule has 0 radical (unpaired) electrons. The minimum Gasteiger partial charge on any atom is -0.422 e. The van der Waals surface area contributed by atoms with Gasteiger partial charge in [-0.1, -0.05) is 23.7 Å². The van der Waals surface area contributed by atoms with Crippen molar-refractivity contribution in [2.75, 3.05) is 0 Å². The first-order valence-corrected chi connectivity index (χ1v) is 7.90. The predicted molar refractivity (Wildman–Crippen MR) is 94.6 cm³/mol. The summed E-state index contributed by atoms with van der Waals surface area (Å²) < 4.78 is 5.34. The van der Waals surface area contributed by atoms with E-state index >= 15 is 0 Å². The zero-order valence-electron chi connectivity index (χ0n) is 13.4. The van der Waals surface area contributed by atoms with Gasteiger partial charge in [-0.25, -0.2) is 4.79 Å². The van der Waals surface area contributed by atoms with E-state index in [1.807, 2.05) is 26.0 Å². The van der Waals surface area contributed by atoms with E-state index in [1.54, 1.807) is 24.3 Å². The number of aryl methyl sites for hydroxylation is 2. The van der Waals surface area contributed by atoms with Crippen molar-refractivity contribution >= 4 is 28.5 Å². The van der Waals surface area contributed by atoms with E-state index in [0.29, 0.717) is 16.2 Å². The number of hydrogen-bond acceptors (Lipinski definition) is 3. The van der Waals surface area contributed by atoms with Crippen LogP contribution >= 0.6 is 11.6 Å². The molecule has 5 heteroatoms. The summed E-state index contributed by atoms with van der Waals surface area (Å²) in [5, 5.41) is 4.23. The SMILES string of the molecule is Cc1ccc2c(CNC(=O)c3ccc(Cl)cc3)cc(=O)oc2c1C. The number of halogens is 1. The number of carbonyl (C=O) groups is 1. The minimum absolute atomic E-state index is 0.225. The standard InChI is InChI=1S/C19H16ClNO3/c1-11-3-8-16-14(9-17(22)24-18(16)12(11)2)10-21-19(23)13-4-6-15(20)7-5-13/h3-9H,10H2,1-2H3,(H,21,23). The molecule has 0 atom stereocenters. The first-order valence-electron chi connectivity index (χ1n) is 7.52. The highest BCUT2D eigenvalue weighted by molar-refractivity contribution is 6.30. The summed E-state index contributed by atoms with van der Waals surface area (Å²) in [6.45, 7) is 4.12. The number of benzene rings is 2. The van der Waals surface area contributed by atoms with E-state index in [4.69, 9.17) is 16.0 Å². The fourth-order valence-electron chi connectivity index (χ4n) is 2.55. The summed E-state index contributed by atoms with van der Waals surface area (Å²) in [6, 6.07) is 11.9. The van der Waals surface area contributed by atoms with E-state index < -0.39 is 5.63 Å². The number of hydrogen-bond donors (Lipinski definition) is 1. The van der Waals surface area contributed by atoms with Gasteiger partial charge in [-0.2, -0.15) is 0 Å². The molecular formula is C19H16ClNO3. The average molecular weight is 342 g/mol. The predicted octanol–water partition coefficient (Wildman–Crippen LogP) is 3.99. The molecule has 0 aliphatic heterocycles. The lowest BCUT2D eigenvalue weighted by atomic mass is 10.0. The van der Waals surface area contributed by atoms with Crippen LogP contribution in [0.5, 0.6) is 0 Å². The summed E-state index contributed by atoms with van der Waals surface area (Å²) in [5.74, 6) is -0.225. The Bertz CT molecular complexity index is 974. The molecule has 0 fully saturated rings. The van der Waals surface area contributed by atoms with Gasteiger partial charge >= 0.3 is 5.63 Å². The van der Waals surface area contributed by atoms with Crippen molar-refractivity contribution in [3.63, 3.8) is 0 Å². The van der Waals surface area contributed by atoms with Crippen LogP contribution in [0.1, 0.15) is 27.0 Å². The van der Waals surface area contributed by atoms with Crippen molar-refractivity contribution in [1.29, 1.82) is 0 Å². The van der Waals surface area contributed by atoms with Gasteiger partial charge < -0.3 is 9.73 Å². The molecule has 1 heterocycles. The Hall–Kier alpha value is -2.59. The Kier molecular flexibility index (Phi) is 4.40. The Labute approximate surface area is 144 Å². The molecule has 0 spiro atoms. The third kappa shape index (κ3) is 3.19. The summed E-state index contributed by atoms with van der Waals surface area (Å²) >= 11 is 5.82. The molecule has 0 saturated heterocycles.